The molecule has 0 aliphatic carbocycles. The van der Waals surface area contributed by atoms with Crippen molar-refractivity contribution in [2.45, 2.75) is 6.54 Å². The average Bonchev–Trinajstić information content (AvgIpc) is 3.38. The molecule has 3 aromatic rings. The van der Waals surface area contributed by atoms with Crippen LogP contribution in [0.3, 0.4) is 0 Å². The van der Waals surface area contributed by atoms with E-state index in [1.54, 1.807) is 17.2 Å². The fourth-order valence-corrected chi connectivity index (χ4v) is 4.84. The second-order valence-corrected chi connectivity index (χ2v) is 8.72. The van der Waals surface area contributed by atoms with Crippen LogP contribution >= 0.6 is 24.0 Å². The number of pyridine rings is 1. The first-order chi connectivity index (χ1) is 14.7. The number of thioether (sulfide) groups is 1. The molecule has 0 radical (unpaired) electrons. The van der Waals surface area contributed by atoms with Crippen LogP contribution in [0.1, 0.15) is 11.3 Å². The molecule has 0 N–H and O–H groups in total. The molecular formula is C22H19N3O3S2. The topological polar surface area (TPSA) is 58.8 Å². The Hall–Kier alpha value is -2.68. The summed E-state index contributed by atoms with van der Waals surface area (Å²) in [7, 11) is 0. The predicted molar refractivity (Wildman–Crippen MR) is 122 cm³/mol. The lowest BCUT2D eigenvalue weighted by Crippen LogP contribution is -2.37. The third-order valence-corrected chi connectivity index (χ3v) is 6.47. The number of ether oxygens (including phenoxy) is 1. The molecule has 0 unspecified atom stereocenters. The molecule has 2 fully saturated rings. The van der Waals surface area contributed by atoms with Gasteiger partial charge in [0.05, 0.1) is 36.4 Å². The minimum absolute atomic E-state index is 0.109. The average molecular weight is 438 g/mol. The van der Waals surface area contributed by atoms with Gasteiger partial charge >= 0.3 is 0 Å². The fraction of sp³-hybridized carbons (Fsp3) is 0.227. The number of aromatic nitrogens is 1. The summed E-state index contributed by atoms with van der Waals surface area (Å²) in [6, 6.07) is 13.7. The Labute approximate surface area is 183 Å². The van der Waals surface area contributed by atoms with E-state index in [9.17, 15) is 4.79 Å². The number of carbonyl (C=O) groups is 1. The number of amides is 1. The van der Waals surface area contributed by atoms with E-state index in [0.717, 1.165) is 35.4 Å². The van der Waals surface area contributed by atoms with Crippen molar-refractivity contribution >= 4 is 57.0 Å². The lowest BCUT2D eigenvalue weighted by atomic mass is 10.1. The van der Waals surface area contributed by atoms with E-state index in [2.05, 4.69) is 11.0 Å². The third kappa shape index (κ3) is 3.74. The van der Waals surface area contributed by atoms with E-state index in [4.69, 9.17) is 26.4 Å². The molecule has 0 saturated carbocycles. The molecule has 2 aliphatic rings. The SMILES string of the molecule is O=C1/C(=C/c2cc3ccccc3nc2N2CCOCC2)SC(=S)N1Cc1ccco1. The summed E-state index contributed by atoms with van der Waals surface area (Å²) in [4.78, 5) is 22.3. The molecule has 152 valence electrons. The van der Waals surface area contributed by atoms with E-state index in [1.165, 1.54) is 11.8 Å². The van der Waals surface area contributed by atoms with E-state index in [0.29, 0.717) is 34.7 Å². The molecule has 8 heteroatoms. The number of hydrogen-bond acceptors (Lipinski definition) is 7. The zero-order valence-corrected chi connectivity index (χ0v) is 17.7. The second kappa shape index (κ2) is 8.22. The number of thiocarbonyl (C=S) groups is 1. The zero-order valence-electron chi connectivity index (χ0n) is 16.1. The van der Waals surface area contributed by atoms with Gasteiger partial charge in [-0.05, 0) is 30.3 Å². The fourth-order valence-electron chi connectivity index (χ4n) is 3.59. The predicted octanol–water partition coefficient (Wildman–Crippen LogP) is 4.07. The Morgan fingerprint density at radius 3 is 2.80 bits per heavy atom. The van der Waals surface area contributed by atoms with Crippen molar-refractivity contribution in [3.05, 3.63) is 65.0 Å². The van der Waals surface area contributed by atoms with Crippen LogP contribution in [0, 0.1) is 0 Å². The van der Waals surface area contributed by atoms with Gasteiger partial charge in [-0.2, -0.15) is 0 Å². The quantitative estimate of drug-likeness (QED) is 0.450. The molecule has 5 rings (SSSR count). The molecule has 0 bridgehead atoms. The van der Waals surface area contributed by atoms with Crippen molar-refractivity contribution in [2.75, 3.05) is 31.2 Å². The Balaban J connectivity index is 1.52. The number of hydrogen-bond donors (Lipinski definition) is 0. The van der Waals surface area contributed by atoms with Crippen LogP contribution in [0.5, 0.6) is 0 Å². The summed E-state index contributed by atoms with van der Waals surface area (Å²) in [5, 5.41) is 1.03. The number of carbonyl (C=O) groups excluding carboxylic acids is 1. The van der Waals surface area contributed by atoms with Crippen molar-refractivity contribution in [1.82, 2.24) is 9.88 Å². The highest BCUT2D eigenvalue weighted by molar-refractivity contribution is 8.26. The van der Waals surface area contributed by atoms with Crippen molar-refractivity contribution in [3.8, 4) is 0 Å². The Morgan fingerprint density at radius 1 is 1.17 bits per heavy atom. The van der Waals surface area contributed by atoms with Crippen molar-refractivity contribution in [3.63, 3.8) is 0 Å². The summed E-state index contributed by atoms with van der Waals surface area (Å²) < 4.78 is 11.4. The highest BCUT2D eigenvalue weighted by Gasteiger charge is 2.33. The van der Waals surface area contributed by atoms with Crippen LogP contribution in [0.4, 0.5) is 5.82 Å². The van der Waals surface area contributed by atoms with Crippen LogP contribution in [0.2, 0.25) is 0 Å². The standard InChI is InChI=1S/C22H19N3O3S2/c26-21-19(30-22(29)25(21)14-17-5-3-9-28-17)13-16-12-15-4-1-2-6-18(15)23-20(16)24-7-10-27-11-8-24/h1-6,9,12-13H,7-8,10-11,14H2/b19-13-. The molecule has 6 nitrogen and oxygen atoms in total. The molecule has 0 atom stereocenters. The Bertz CT molecular complexity index is 1140. The maximum atomic E-state index is 13.1. The molecule has 1 aromatic carbocycles. The van der Waals surface area contributed by atoms with E-state index in [-0.39, 0.29) is 5.91 Å². The normalized spacial score (nSPS) is 18.7. The summed E-state index contributed by atoms with van der Waals surface area (Å²) in [5.41, 5.74) is 1.84. The van der Waals surface area contributed by atoms with Gasteiger partial charge in [-0.15, -0.1) is 0 Å². The van der Waals surface area contributed by atoms with Crippen LogP contribution in [-0.2, 0) is 16.1 Å². The van der Waals surface area contributed by atoms with Crippen molar-refractivity contribution in [2.24, 2.45) is 0 Å². The van der Waals surface area contributed by atoms with Gasteiger partial charge in [0.2, 0.25) is 0 Å². The Morgan fingerprint density at radius 2 is 2.00 bits per heavy atom. The number of morpholine rings is 1. The molecule has 2 saturated heterocycles. The summed E-state index contributed by atoms with van der Waals surface area (Å²) >= 11 is 6.78. The minimum Gasteiger partial charge on any atom is -0.467 e. The minimum atomic E-state index is -0.109. The molecule has 2 aliphatic heterocycles. The highest BCUT2D eigenvalue weighted by atomic mass is 32.2. The summed E-state index contributed by atoms with van der Waals surface area (Å²) in [5.74, 6) is 1.46. The number of fused-ring (bicyclic) bond motifs is 1. The van der Waals surface area contributed by atoms with Gasteiger partial charge in [0, 0.05) is 24.0 Å². The first-order valence-corrected chi connectivity index (χ1v) is 10.9. The first kappa shape index (κ1) is 19.3. The van der Waals surface area contributed by atoms with Gasteiger partial charge in [0.1, 0.15) is 15.9 Å². The van der Waals surface area contributed by atoms with Gasteiger partial charge in [-0.25, -0.2) is 4.98 Å². The van der Waals surface area contributed by atoms with Crippen LogP contribution < -0.4 is 4.90 Å². The Kier molecular flexibility index (Phi) is 5.28. The van der Waals surface area contributed by atoms with E-state index < -0.39 is 0 Å². The van der Waals surface area contributed by atoms with Gasteiger partial charge in [0.25, 0.3) is 5.91 Å². The second-order valence-electron chi connectivity index (χ2n) is 7.04. The molecule has 4 heterocycles. The zero-order chi connectivity index (χ0) is 20.5. The van der Waals surface area contributed by atoms with Crippen LogP contribution in [0.15, 0.2) is 58.1 Å². The summed E-state index contributed by atoms with van der Waals surface area (Å²) in [6.45, 7) is 3.21. The number of benzene rings is 1. The van der Waals surface area contributed by atoms with Gasteiger partial charge < -0.3 is 14.1 Å². The number of anilines is 1. The molecule has 30 heavy (non-hydrogen) atoms. The smallest absolute Gasteiger partial charge is 0.266 e. The van der Waals surface area contributed by atoms with Crippen LogP contribution in [0.25, 0.3) is 17.0 Å². The van der Waals surface area contributed by atoms with Crippen molar-refractivity contribution in [1.29, 1.82) is 0 Å². The van der Waals surface area contributed by atoms with Gasteiger partial charge in [-0.3, -0.25) is 9.69 Å². The van der Waals surface area contributed by atoms with E-state index >= 15 is 0 Å². The van der Waals surface area contributed by atoms with E-state index in [1.807, 2.05) is 36.4 Å². The largest absolute Gasteiger partial charge is 0.467 e. The number of rotatable bonds is 4. The monoisotopic (exact) mass is 437 g/mol. The molecule has 1 amide bonds. The molecule has 2 aromatic heterocycles. The third-order valence-electron chi connectivity index (χ3n) is 5.10. The summed E-state index contributed by atoms with van der Waals surface area (Å²) in [6.07, 6.45) is 3.50. The van der Waals surface area contributed by atoms with Gasteiger partial charge in [-0.1, -0.05) is 42.2 Å². The lowest BCUT2D eigenvalue weighted by molar-refractivity contribution is -0.122. The lowest BCUT2D eigenvalue weighted by Gasteiger charge is -2.29. The van der Waals surface area contributed by atoms with Gasteiger partial charge in [0.15, 0.2) is 0 Å². The molecular weight excluding hydrogens is 418 g/mol. The highest BCUT2D eigenvalue weighted by Crippen LogP contribution is 2.36. The number of nitrogens with zero attached hydrogens (tertiary/aromatic N) is 3. The maximum Gasteiger partial charge on any atom is 0.266 e. The number of furan rings is 1. The number of para-hydroxylation sites is 1. The molecule has 0 spiro atoms. The van der Waals surface area contributed by atoms with Crippen molar-refractivity contribution < 1.29 is 13.9 Å². The first-order valence-electron chi connectivity index (χ1n) is 9.69. The maximum absolute atomic E-state index is 13.1. The van der Waals surface area contributed by atoms with Crippen LogP contribution in [-0.4, -0.2) is 46.4 Å².